The van der Waals surface area contributed by atoms with Crippen LogP contribution < -0.4 is 10.9 Å². The lowest BCUT2D eigenvalue weighted by atomic mass is 10.1. The molecule has 0 fully saturated rings. The molecule has 3 heterocycles. The van der Waals surface area contributed by atoms with Crippen molar-refractivity contribution in [2.45, 2.75) is 13.1 Å². The van der Waals surface area contributed by atoms with Crippen LogP contribution in [0.4, 0.5) is 4.39 Å². The number of fused-ring (bicyclic) bond motifs is 1. The second kappa shape index (κ2) is 8.02. The molecule has 6 nitrogen and oxygen atoms in total. The molecular weight excluding hydrogens is 371 g/mol. The van der Waals surface area contributed by atoms with Crippen LogP contribution in [0.5, 0.6) is 0 Å². The van der Waals surface area contributed by atoms with Gasteiger partial charge < -0.3 is 5.32 Å². The number of hydrogen-bond donors (Lipinski definition) is 1. The molecule has 0 saturated carbocycles. The Bertz CT molecular complexity index is 1220. The normalized spacial score (nSPS) is 10.8. The molecule has 7 heteroatoms. The molecule has 0 aliphatic rings. The minimum absolute atomic E-state index is 0.0245. The molecular formula is C22H17FN4O2. The van der Waals surface area contributed by atoms with Crippen molar-refractivity contribution in [3.63, 3.8) is 0 Å². The number of aromatic nitrogens is 3. The van der Waals surface area contributed by atoms with Gasteiger partial charge in [-0.2, -0.15) is 0 Å². The third kappa shape index (κ3) is 4.03. The van der Waals surface area contributed by atoms with Crippen molar-refractivity contribution in [1.29, 1.82) is 0 Å². The average Bonchev–Trinajstić information content (AvgIpc) is 2.76. The average molecular weight is 388 g/mol. The summed E-state index contributed by atoms with van der Waals surface area (Å²) in [5, 5.41) is 3.42. The van der Waals surface area contributed by atoms with Crippen molar-refractivity contribution in [2.24, 2.45) is 0 Å². The van der Waals surface area contributed by atoms with Gasteiger partial charge >= 0.3 is 0 Å². The molecule has 0 aliphatic carbocycles. The highest BCUT2D eigenvalue weighted by molar-refractivity contribution is 5.96. The minimum Gasteiger partial charge on any atom is -0.348 e. The maximum atomic E-state index is 13.2. The molecule has 0 saturated heterocycles. The van der Waals surface area contributed by atoms with Gasteiger partial charge in [0.25, 0.3) is 11.5 Å². The monoisotopic (exact) mass is 388 g/mol. The van der Waals surface area contributed by atoms with E-state index in [1.807, 2.05) is 6.07 Å². The maximum Gasteiger partial charge on any atom is 0.265 e. The fourth-order valence-corrected chi connectivity index (χ4v) is 3.07. The number of amides is 1. The van der Waals surface area contributed by atoms with E-state index in [0.29, 0.717) is 11.0 Å². The molecule has 0 radical (unpaired) electrons. The standard InChI is InChI=1S/C22H17FN4O2/c23-18-7-5-15(6-8-18)14-27-20-17(4-2-10-25-20)11-19(22(27)29)21(28)26-13-16-3-1-9-24-12-16/h1-12H,13-14H2,(H,26,28). The van der Waals surface area contributed by atoms with Crippen molar-refractivity contribution in [3.05, 3.63) is 106 Å². The Morgan fingerprint density at radius 2 is 1.83 bits per heavy atom. The van der Waals surface area contributed by atoms with Crippen LogP contribution in [0.15, 0.2) is 78.0 Å². The molecule has 0 bridgehead atoms. The summed E-state index contributed by atoms with van der Waals surface area (Å²) in [4.78, 5) is 34.1. The Morgan fingerprint density at radius 3 is 2.59 bits per heavy atom. The van der Waals surface area contributed by atoms with Crippen LogP contribution in [0.25, 0.3) is 11.0 Å². The topological polar surface area (TPSA) is 76.9 Å². The molecule has 0 spiro atoms. The molecule has 4 rings (SSSR count). The van der Waals surface area contributed by atoms with Gasteiger partial charge in [0.2, 0.25) is 0 Å². The number of carbonyl (C=O) groups excluding carboxylic acids is 1. The quantitative estimate of drug-likeness (QED) is 0.570. The summed E-state index contributed by atoms with van der Waals surface area (Å²) < 4.78 is 14.6. The molecule has 144 valence electrons. The first-order chi connectivity index (χ1) is 14.1. The van der Waals surface area contributed by atoms with Crippen LogP contribution in [0.2, 0.25) is 0 Å². The maximum absolute atomic E-state index is 13.2. The number of halogens is 1. The number of nitrogens with zero attached hydrogens (tertiary/aromatic N) is 3. The Balaban J connectivity index is 1.71. The van der Waals surface area contributed by atoms with Crippen molar-refractivity contribution >= 4 is 16.9 Å². The van der Waals surface area contributed by atoms with Crippen LogP contribution >= 0.6 is 0 Å². The number of hydrogen-bond acceptors (Lipinski definition) is 4. The fraction of sp³-hybridized carbons (Fsp3) is 0.0909. The van der Waals surface area contributed by atoms with E-state index in [9.17, 15) is 14.0 Å². The predicted octanol–water partition coefficient (Wildman–Crippen LogP) is 2.91. The van der Waals surface area contributed by atoms with Crippen LogP contribution in [0.1, 0.15) is 21.5 Å². The molecule has 0 aliphatic heterocycles. The second-order valence-electron chi connectivity index (χ2n) is 6.54. The Morgan fingerprint density at radius 1 is 1.03 bits per heavy atom. The molecule has 4 aromatic rings. The third-order valence-electron chi connectivity index (χ3n) is 4.52. The number of carbonyl (C=O) groups is 1. The lowest BCUT2D eigenvalue weighted by Gasteiger charge is -2.12. The van der Waals surface area contributed by atoms with Crippen molar-refractivity contribution < 1.29 is 9.18 Å². The first kappa shape index (κ1) is 18.5. The SMILES string of the molecule is O=C(NCc1cccnc1)c1cc2cccnc2n(Cc2ccc(F)cc2)c1=O. The van der Waals surface area contributed by atoms with Crippen molar-refractivity contribution in [3.8, 4) is 0 Å². The predicted molar refractivity (Wildman–Crippen MR) is 107 cm³/mol. The minimum atomic E-state index is -0.475. The fourth-order valence-electron chi connectivity index (χ4n) is 3.07. The number of rotatable bonds is 5. The van der Waals surface area contributed by atoms with Crippen molar-refractivity contribution in [1.82, 2.24) is 19.9 Å². The molecule has 1 N–H and O–H groups in total. The summed E-state index contributed by atoms with van der Waals surface area (Å²) in [6.45, 7) is 0.436. The van der Waals surface area contributed by atoms with E-state index in [2.05, 4.69) is 15.3 Å². The van der Waals surface area contributed by atoms with Gasteiger partial charge in [0.05, 0.1) is 6.54 Å². The Kier molecular flexibility index (Phi) is 5.11. The van der Waals surface area contributed by atoms with E-state index in [0.717, 1.165) is 11.1 Å². The zero-order valence-corrected chi connectivity index (χ0v) is 15.4. The summed E-state index contributed by atoms with van der Waals surface area (Å²) in [6, 6.07) is 14.6. The van der Waals surface area contributed by atoms with E-state index < -0.39 is 11.5 Å². The number of nitrogens with one attached hydrogen (secondary N) is 1. The van der Waals surface area contributed by atoms with Gasteiger partial charge in [0, 0.05) is 30.5 Å². The van der Waals surface area contributed by atoms with Gasteiger partial charge in [0.1, 0.15) is 17.0 Å². The highest BCUT2D eigenvalue weighted by Crippen LogP contribution is 2.13. The molecule has 1 aromatic carbocycles. The Labute approximate surface area is 165 Å². The van der Waals surface area contributed by atoms with Gasteiger partial charge in [-0.25, -0.2) is 9.37 Å². The zero-order valence-electron chi connectivity index (χ0n) is 15.4. The van der Waals surface area contributed by atoms with Crippen LogP contribution in [-0.2, 0) is 13.1 Å². The Hall–Kier alpha value is -3.87. The molecule has 0 unspecified atom stereocenters. The van der Waals surface area contributed by atoms with Crippen LogP contribution in [0, 0.1) is 5.82 Å². The first-order valence-electron chi connectivity index (χ1n) is 9.02. The van der Waals surface area contributed by atoms with E-state index >= 15 is 0 Å². The van der Waals surface area contributed by atoms with E-state index in [-0.39, 0.29) is 24.5 Å². The third-order valence-corrected chi connectivity index (χ3v) is 4.52. The highest BCUT2D eigenvalue weighted by atomic mass is 19.1. The smallest absolute Gasteiger partial charge is 0.265 e. The highest BCUT2D eigenvalue weighted by Gasteiger charge is 2.16. The summed E-state index contributed by atoms with van der Waals surface area (Å²) in [5.41, 5.74) is 1.59. The summed E-state index contributed by atoms with van der Waals surface area (Å²) in [5.74, 6) is -0.829. The van der Waals surface area contributed by atoms with Gasteiger partial charge in [-0.3, -0.25) is 19.1 Å². The lowest BCUT2D eigenvalue weighted by Crippen LogP contribution is -2.33. The molecule has 29 heavy (non-hydrogen) atoms. The largest absolute Gasteiger partial charge is 0.348 e. The van der Waals surface area contributed by atoms with E-state index in [1.54, 1.807) is 55.0 Å². The summed E-state index contributed by atoms with van der Waals surface area (Å²) in [6.07, 6.45) is 4.89. The van der Waals surface area contributed by atoms with E-state index in [1.165, 1.54) is 16.7 Å². The molecule has 1 amide bonds. The molecule has 3 aromatic heterocycles. The lowest BCUT2D eigenvalue weighted by molar-refractivity contribution is 0.0949. The number of pyridine rings is 3. The molecule has 0 atom stereocenters. The van der Waals surface area contributed by atoms with Crippen molar-refractivity contribution in [2.75, 3.05) is 0 Å². The van der Waals surface area contributed by atoms with Gasteiger partial charge in [-0.05, 0) is 47.5 Å². The van der Waals surface area contributed by atoms with Gasteiger partial charge in [-0.15, -0.1) is 0 Å². The van der Waals surface area contributed by atoms with Crippen LogP contribution in [-0.4, -0.2) is 20.4 Å². The summed E-state index contributed by atoms with van der Waals surface area (Å²) >= 11 is 0. The van der Waals surface area contributed by atoms with Crippen LogP contribution in [0.3, 0.4) is 0 Å². The number of benzene rings is 1. The summed E-state index contributed by atoms with van der Waals surface area (Å²) in [7, 11) is 0. The zero-order chi connectivity index (χ0) is 20.2. The van der Waals surface area contributed by atoms with E-state index in [4.69, 9.17) is 0 Å². The first-order valence-corrected chi connectivity index (χ1v) is 9.02. The second-order valence-corrected chi connectivity index (χ2v) is 6.54. The van der Waals surface area contributed by atoms with Gasteiger partial charge in [0.15, 0.2) is 0 Å². The van der Waals surface area contributed by atoms with Gasteiger partial charge in [-0.1, -0.05) is 18.2 Å².